The molecule has 0 aliphatic heterocycles. The minimum atomic E-state index is -4.33. The Morgan fingerprint density at radius 3 is 2.56 bits per heavy atom. The highest BCUT2D eigenvalue weighted by Crippen LogP contribution is 2.35. The van der Waals surface area contributed by atoms with E-state index in [0.717, 1.165) is 37.0 Å². The number of unbranched alkanes of at least 4 members (excludes halogenated alkanes) is 3. The van der Waals surface area contributed by atoms with Crippen molar-refractivity contribution in [3.63, 3.8) is 0 Å². The minimum absolute atomic E-state index is 0.0181. The molecule has 1 aromatic rings. The van der Waals surface area contributed by atoms with Crippen LogP contribution in [0.25, 0.3) is 0 Å². The molecule has 104 valence electrons. The number of hydrogen-bond acceptors (Lipinski definition) is 3. The third-order valence-electron chi connectivity index (χ3n) is 2.80. The topological polar surface area (TPSA) is 24.9 Å². The summed E-state index contributed by atoms with van der Waals surface area (Å²) >= 11 is 0.738. The van der Waals surface area contributed by atoms with Crippen LogP contribution in [0.3, 0.4) is 0 Å². The Hall–Kier alpha value is -0.620. The number of hydrogen-bond donors (Lipinski definition) is 1. The molecule has 0 aliphatic carbocycles. The summed E-state index contributed by atoms with van der Waals surface area (Å²) in [6.07, 6.45) is 2.35. The molecule has 1 aromatic heterocycles. The normalized spacial score (nSPS) is 13.8. The molecule has 0 fully saturated rings. The number of nitrogens with zero attached hydrogens (tertiary/aromatic N) is 1. The Morgan fingerprint density at radius 1 is 1.33 bits per heavy atom. The van der Waals surface area contributed by atoms with E-state index in [1.807, 2.05) is 0 Å². The summed E-state index contributed by atoms with van der Waals surface area (Å²) in [7, 11) is 1.78. The Morgan fingerprint density at radius 2 is 2.06 bits per heavy atom. The smallest absolute Gasteiger partial charge is 0.312 e. The molecule has 0 saturated carbocycles. The van der Waals surface area contributed by atoms with Crippen molar-refractivity contribution < 1.29 is 13.2 Å². The van der Waals surface area contributed by atoms with Gasteiger partial charge in [0.15, 0.2) is 5.01 Å². The Kier molecular flexibility index (Phi) is 6.08. The summed E-state index contributed by atoms with van der Waals surface area (Å²) in [5, 5.41) is 2.31. The first-order valence-corrected chi connectivity index (χ1v) is 7.00. The van der Waals surface area contributed by atoms with Crippen LogP contribution in [0.15, 0.2) is 6.20 Å². The van der Waals surface area contributed by atoms with Gasteiger partial charge in [0, 0.05) is 17.1 Å². The molecule has 1 unspecified atom stereocenters. The quantitative estimate of drug-likeness (QED) is 0.749. The van der Waals surface area contributed by atoms with Crippen LogP contribution in [0.4, 0.5) is 13.2 Å². The van der Waals surface area contributed by atoms with E-state index in [-0.39, 0.29) is 6.04 Å². The van der Waals surface area contributed by atoms with Gasteiger partial charge in [-0.25, -0.2) is 4.98 Å². The van der Waals surface area contributed by atoms with Crippen molar-refractivity contribution in [2.45, 2.75) is 51.2 Å². The van der Waals surface area contributed by atoms with E-state index in [2.05, 4.69) is 17.2 Å². The summed E-state index contributed by atoms with van der Waals surface area (Å²) in [6, 6.07) is -0.0181. The van der Waals surface area contributed by atoms with Gasteiger partial charge < -0.3 is 5.32 Å². The summed E-state index contributed by atoms with van der Waals surface area (Å²) in [4.78, 5) is 4.12. The van der Waals surface area contributed by atoms with E-state index in [0.29, 0.717) is 4.88 Å². The molecule has 0 aliphatic rings. The fourth-order valence-corrected chi connectivity index (χ4v) is 2.71. The van der Waals surface area contributed by atoms with Crippen LogP contribution >= 0.6 is 11.3 Å². The van der Waals surface area contributed by atoms with Crippen LogP contribution in [-0.2, 0) is 6.18 Å². The largest absolute Gasteiger partial charge is 0.443 e. The van der Waals surface area contributed by atoms with Crippen molar-refractivity contribution in [3.05, 3.63) is 16.1 Å². The lowest BCUT2D eigenvalue weighted by Gasteiger charge is -2.13. The van der Waals surface area contributed by atoms with Crippen molar-refractivity contribution >= 4 is 11.3 Å². The number of aromatic nitrogens is 1. The van der Waals surface area contributed by atoms with Crippen molar-refractivity contribution in [3.8, 4) is 0 Å². The molecule has 0 spiro atoms. The van der Waals surface area contributed by atoms with Crippen molar-refractivity contribution in [2.75, 3.05) is 7.05 Å². The van der Waals surface area contributed by atoms with E-state index >= 15 is 0 Å². The second-order valence-electron chi connectivity index (χ2n) is 4.26. The fourth-order valence-electron chi connectivity index (χ4n) is 1.78. The van der Waals surface area contributed by atoms with Gasteiger partial charge in [0.25, 0.3) is 0 Å². The van der Waals surface area contributed by atoms with E-state index in [1.165, 1.54) is 12.6 Å². The van der Waals surface area contributed by atoms with Gasteiger partial charge in [-0.2, -0.15) is 13.2 Å². The average molecular weight is 280 g/mol. The van der Waals surface area contributed by atoms with Gasteiger partial charge in [-0.15, -0.1) is 11.3 Å². The highest BCUT2D eigenvalue weighted by atomic mass is 32.1. The monoisotopic (exact) mass is 280 g/mol. The number of rotatable bonds is 7. The van der Waals surface area contributed by atoms with Crippen LogP contribution in [0.1, 0.15) is 55.0 Å². The second-order valence-corrected chi connectivity index (χ2v) is 5.32. The van der Waals surface area contributed by atoms with Gasteiger partial charge in [-0.3, -0.25) is 0 Å². The van der Waals surface area contributed by atoms with E-state index in [1.54, 1.807) is 7.05 Å². The zero-order chi connectivity index (χ0) is 13.6. The zero-order valence-electron chi connectivity index (χ0n) is 10.7. The second kappa shape index (κ2) is 7.09. The third kappa shape index (κ3) is 4.57. The maximum atomic E-state index is 12.4. The third-order valence-corrected chi connectivity index (χ3v) is 3.96. The Bertz CT molecular complexity index is 349. The number of halogens is 3. The first kappa shape index (κ1) is 15.4. The molecular weight excluding hydrogens is 261 g/mol. The van der Waals surface area contributed by atoms with Crippen LogP contribution in [0.2, 0.25) is 0 Å². The standard InChI is InChI=1S/C12H19F3N2S/c1-3-4-5-6-7-9(16-2)10-8-17-11(18-10)12(13,14)15/h8-9,16H,3-7H2,1-2H3. The number of alkyl halides is 3. The molecular formula is C12H19F3N2S. The van der Waals surface area contributed by atoms with Gasteiger partial charge in [0.05, 0.1) is 0 Å². The Balaban J connectivity index is 2.57. The molecule has 0 aromatic carbocycles. The summed E-state index contributed by atoms with van der Waals surface area (Å²) in [6.45, 7) is 2.13. The average Bonchev–Trinajstić information content (AvgIpc) is 2.78. The molecule has 0 radical (unpaired) electrons. The van der Waals surface area contributed by atoms with Crippen LogP contribution < -0.4 is 5.32 Å². The highest BCUT2D eigenvalue weighted by molar-refractivity contribution is 7.11. The van der Waals surface area contributed by atoms with Crippen LogP contribution in [-0.4, -0.2) is 12.0 Å². The van der Waals surface area contributed by atoms with Gasteiger partial charge in [-0.1, -0.05) is 32.6 Å². The summed E-state index contributed by atoms with van der Waals surface area (Å²) < 4.78 is 37.3. The van der Waals surface area contributed by atoms with Crippen molar-refractivity contribution in [1.82, 2.24) is 10.3 Å². The highest BCUT2D eigenvalue weighted by Gasteiger charge is 2.35. The van der Waals surface area contributed by atoms with Crippen LogP contribution in [0.5, 0.6) is 0 Å². The SMILES string of the molecule is CCCCCCC(NC)c1cnc(C(F)(F)F)s1. The predicted octanol–water partition coefficient (Wildman–Crippen LogP) is 4.39. The molecule has 1 atom stereocenters. The molecule has 6 heteroatoms. The first-order chi connectivity index (χ1) is 8.49. The molecule has 2 nitrogen and oxygen atoms in total. The zero-order valence-corrected chi connectivity index (χ0v) is 11.5. The van der Waals surface area contributed by atoms with Gasteiger partial charge in [-0.05, 0) is 13.5 Å². The summed E-state index contributed by atoms with van der Waals surface area (Å²) in [5.41, 5.74) is 0. The maximum absolute atomic E-state index is 12.4. The molecule has 0 saturated heterocycles. The number of thiazole rings is 1. The van der Waals surface area contributed by atoms with Crippen LogP contribution in [0, 0.1) is 0 Å². The van der Waals surface area contributed by atoms with Gasteiger partial charge in [0.2, 0.25) is 0 Å². The lowest BCUT2D eigenvalue weighted by atomic mass is 10.1. The molecule has 1 rings (SSSR count). The molecule has 1 heterocycles. The molecule has 0 bridgehead atoms. The van der Waals surface area contributed by atoms with E-state index < -0.39 is 11.2 Å². The summed E-state index contributed by atoms with van der Waals surface area (Å²) in [5.74, 6) is 0. The molecule has 18 heavy (non-hydrogen) atoms. The molecule has 1 N–H and O–H groups in total. The lowest BCUT2D eigenvalue weighted by molar-refractivity contribution is -0.137. The maximum Gasteiger partial charge on any atom is 0.443 e. The predicted molar refractivity (Wildman–Crippen MR) is 67.7 cm³/mol. The Labute approximate surface area is 110 Å². The van der Waals surface area contributed by atoms with Crippen molar-refractivity contribution in [1.29, 1.82) is 0 Å². The van der Waals surface area contributed by atoms with Gasteiger partial charge in [0.1, 0.15) is 0 Å². The van der Waals surface area contributed by atoms with Gasteiger partial charge >= 0.3 is 6.18 Å². The van der Waals surface area contributed by atoms with E-state index in [4.69, 9.17) is 0 Å². The van der Waals surface area contributed by atoms with Crippen molar-refractivity contribution in [2.24, 2.45) is 0 Å². The fraction of sp³-hybridized carbons (Fsp3) is 0.750. The van der Waals surface area contributed by atoms with E-state index in [9.17, 15) is 13.2 Å². The minimum Gasteiger partial charge on any atom is -0.312 e. The lowest BCUT2D eigenvalue weighted by Crippen LogP contribution is -2.15. The molecule has 0 amide bonds. The number of nitrogens with one attached hydrogen (secondary N) is 1. The first-order valence-electron chi connectivity index (χ1n) is 6.19.